The van der Waals surface area contributed by atoms with E-state index in [9.17, 15) is 14.7 Å². The standard InChI is InChI=1S/C12H20N2O4/c1-11(2,8-3-4-8)13-10(17)14-12(9(15)16)5-6-18-7-12/h8H,3-7H2,1-2H3,(H,15,16)(H2,13,14,17). The molecule has 1 heterocycles. The lowest BCUT2D eigenvalue weighted by Gasteiger charge is -2.30. The van der Waals surface area contributed by atoms with Crippen LogP contribution in [0, 0.1) is 5.92 Å². The number of nitrogens with one attached hydrogen (secondary N) is 2. The molecule has 2 rings (SSSR count). The van der Waals surface area contributed by atoms with Gasteiger partial charge in [0.05, 0.1) is 6.61 Å². The molecule has 0 aromatic carbocycles. The predicted molar refractivity (Wildman–Crippen MR) is 64.3 cm³/mol. The minimum absolute atomic E-state index is 0.0274. The van der Waals surface area contributed by atoms with Gasteiger partial charge in [-0.25, -0.2) is 9.59 Å². The van der Waals surface area contributed by atoms with Gasteiger partial charge in [0, 0.05) is 18.6 Å². The lowest BCUT2D eigenvalue weighted by atomic mass is 9.98. The Balaban J connectivity index is 1.95. The van der Waals surface area contributed by atoms with Gasteiger partial charge in [0.2, 0.25) is 0 Å². The third-order valence-electron chi connectivity index (χ3n) is 3.82. The van der Waals surface area contributed by atoms with Crippen LogP contribution in [0.4, 0.5) is 4.79 Å². The summed E-state index contributed by atoms with van der Waals surface area (Å²) in [6.07, 6.45) is 2.53. The molecule has 1 saturated heterocycles. The monoisotopic (exact) mass is 256 g/mol. The van der Waals surface area contributed by atoms with E-state index >= 15 is 0 Å². The maximum Gasteiger partial charge on any atom is 0.332 e. The molecule has 1 aliphatic carbocycles. The molecule has 1 atom stereocenters. The van der Waals surface area contributed by atoms with E-state index in [2.05, 4.69) is 10.6 Å². The van der Waals surface area contributed by atoms with Crippen LogP contribution in [0.3, 0.4) is 0 Å². The van der Waals surface area contributed by atoms with E-state index in [0.717, 1.165) is 12.8 Å². The first-order valence-corrected chi connectivity index (χ1v) is 6.27. The van der Waals surface area contributed by atoms with E-state index in [1.807, 2.05) is 13.8 Å². The lowest BCUT2D eigenvalue weighted by molar-refractivity contribution is -0.144. The third kappa shape index (κ3) is 2.58. The van der Waals surface area contributed by atoms with Crippen LogP contribution >= 0.6 is 0 Å². The molecule has 1 saturated carbocycles. The molecule has 0 bridgehead atoms. The summed E-state index contributed by atoms with van der Waals surface area (Å²) in [6.45, 7) is 4.31. The van der Waals surface area contributed by atoms with Gasteiger partial charge in [-0.2, -0.15) is 0 Å². The summed E-state index contributed by atoms with van der Waals surface area (Å²) in [5.41, 5.74) is -1.56. The number of carboxylic acids is 1. The van der Waals surface area contributed by atoms with Crippen LogP contribution in [0.25, 0.3) is 0 Å². The van der Waals surface area contributed by atoms with E-state index in [-0.39, 0.29) is 12.1 Å². The van der Waals surface area contributed by atoms with Gasteiger partial charge >= 0.3 is 12.0 Å². The second kappa shape index (κ2) is 4.42. The third-order valence-corrected chi connectivity index (χ3v) is 3.82. The van der Waals surface area contributed by atoms with Crippen molar-refractivity contribution in [3.8, 4) is 0 Å². The number of aliphatic carboxylic acids is 1. The fourth-order valence-electron chi connectivity index (χ4n) is 2.33. The quantitative estimate of drug-likeness (QED) is 0.691. The minimum Gasteiger partial charge on any atom is -0.479 e. The van der Waals surface area contributed by atoms with Gasteiger partial charge in [-0.3, -0.25) is 0 Å². The summed E-state index contributed by atoms with van der Waals surface area (Å²) in [6, 6.07) is -0.431. The average molecular weight is 256 g/mol. The highest BCUT2D eigenvalue weighted by Crippen LogP contribution is 2.39. The molecular weight excluding hydrogens is 236 g/mol. The smallest absolute Gasteiger partial charge is 0.332 e. The summed E-state index contributed by atoms with van der Waals surface area (Å²) < 4.78 is 5.09. The van der Waals surface area contributed by atoms with E-state index in [4.69, 9.17) is 4.74 Å². The van der Waals surface area contributed by atoms with Crippen LogP contribution in [0.15, 0.2) is 0 Å². The molecule has 6 nitrogen and oxygen atoms in total. The molecule has 1 unspecified atom stereocenters. The zero-order valence-electron chi connectivity index (χ0n) is 10.8. The van der Waals surface area contributed by atoms with Crippen molar-refractivity contribution in [2.75, 3.05) is 13.2 Å². The highest BCUT2D eigenvalue weighted by molar-refractivity contribution is 5.87. The minimum atomic E-state index is -1.27. The first kappa shape index (κ1) is 13.1. The molecular formula is C12H20N2O4. The van der Waals surface area contributed by atoms with Crippen LogP contribution in [-0.2, 0) is 9.53 Å². The Morgan fingerprint density at radius 2 is 2.06 bits per heavy atom. The molecule has 0 spiro atoms. The maximum absolute atomic E-state index is 11.9. The summed E-state index contributed by atoms with van der Waals surface area (Å²) in [7, 11) is 0. The van der Waals surface area contributed by atoms with Gasteiger partial charge in [-0.1, -0.05) is 0 Å². The van der Waals surface area contributed by atoms with Gasteiger partial charge in [-0.05, 0) is 32.6 Å². The number of carbonyl (C=O) groups is 2. The highest BCUT2D eigenvalue weighted by atomic mass is 16.5. The molecule has 2 fully saturated rings. The number of urea groups is 1. The number of hydrogen-bond donors (Lipinski definition) is 3. The van der Waals surface area contributed by atoms with Crippen LogP contribution in [0.5, 0.6) is 0 Å². The summed E-state index contributed by atoms with van der Waals surface area (Å²) in [5.74, 6) is -0.553. The molecule has 102 valence electrons. The second-order valence-corrected chi connectivity index (χ2v) is 5.76. The average Bonchev–Trinajstić information content (AvgIpc) is 3.00. The molecule has 2 amide bonds. The van der Waals surface area contributed by atoms with Crippen molar-refractivity contribution in [3.05, 3.63) is 0 Å². The van der Waals surface area contributed by atoms with Crippen LogP contribution in [-0.4, -0.2) is 41.4 Å². The summed E-state index contributed by atoms with van der Waals surface area (Å²) in [4.78, 5) is 23.2. The number of carboxylic acid groups (broad SMARTS) is 1. The Morgan fingerprint density at radius 3 is 2.50 bits per heavy atom. The van der Waals surface area contributed by atoms with Crippen molar-refractivity contribution in [1.82, 2.24) is 10.6 Å². The maximum atomic E-state index is 11.9. The topological polar surface area (TPSA) is 87.7 Å². The van der Waals surface area contributed by atoms with E-state index in [1.54, 1.807) is 0 Å². The van der Waals surface area contributed by atoms with Crippen LogP contribution in [0.2, 0.25) is 0 Å². The zero-order valence-corrected chi connectivity index (χ0v) is 10.8. The van der Waals surface area contributed by atoms with Gasteiger partial charge in [0.1, 0.15) is 0 Å². The van der Waals surface area contributed by atoms with E-state index in [1.165, 1.54) is 0 Å². The first-order chi connectivity index (χ1) is 8.36. The van der Waals surface area contributed by atoms with Gasteiger partial charge in [0.15, 0.2) is 5.54 Å². The molecule has 18 heavy (non-hydrogen) atoms. The Kier molecular flexibility index (Phi) is 3.23. The van der Waals surface area contributed by atoms with Crippen molar-refractivity contribution >= 4 is 12.0 Å². The number of carbonyl (C=O) groups excluding carboxylic acids is 1. The number of ether oxygens (including phenoxy) is 1. The van der Waals surface area contributed by atoms with Crippen LogP contribution in [0.1, 0.15) is 33.1 Å². The van der Waals surface area contributed by atoms with Crippen molar-refractivity contribution in [2.24, 2.45) is 5.92 Å². The molecule has 2 aliphatic rings. The fourth-order valence-corrected chi connectivity index (χ4v) is 2.33. The largest absolute Gasteiger partial charge is 0.479 e. The molecule has 0 aromatic rings. The molecule has 0 radical (unpaired) electrons. The normalized spacial score (nSPS) is 27.9. The van der Waals surface area contributed by atoms with Crippen molar-refractivity contribution in [2.45, 2.75) is 44.2 Å². The second-order valence-electron chi connectivity index (χ2n) is 5.76. The highest BCUT2D eigenvalue weighted by Gasteiger charge is 2.45. The molecule has 0 aromatic heterocycles. The fraction of sp³-hybridized carbons (Fsp3) is 0.833. The van der Waals surface area contributed by atoms with Crippen molar-refractivity contribution in [1.29, 1.82) is 0 Å². The molecule has 6 heteroatoms. The van der Waals surface area contributed by atoms with Crippen LogP contribution < -0.4 is 10.6 Å². The van der Waals surface area contributed by atoms with Gasteiger partial charge < -0.3 is 20.5 Å². The molecule has 1 aliphatic heterocycles. The van der Waals surface area contributed by atoms with Crippen molar-refractivity contribution < 1.29 is 19.4 Å². The SMILES string of the molecule is CC(C)(NC(=O)NC1(C(=O)O)CCOC1)C1CC1. The Hall–Kier alpha value is -1.30. The Morgan fingerprint density at radius 1 is 1.39 bits per heavy atom. The Bertz CT molecular complexity index is 357. The van der Waals surface area contributed by atoms with Gasteiger partial charge in [0.25, 0.3) is 0 Å². The van der Waals surface area contributed by atoms with E-state index in [0.29, 0.717) is 18.9 Å². The Labute approximate surface area is 106 Å². The predicted octanol–water partition coefficient (Wildman–Crippen LogP) is 0.718. The van der Waals surface area contributed by atoms with E-state index < -0.39 is 17.5 Å². The number of amides is 2. The summed E-state index contributed by atoms with van der Waals surface area (Å²) in [5, 5.41) is 14.6. The zero-order chi connectivity index (χ0) is 13.4. The first-order valence-electron chi connectivity index (χ1n) is 6.27. The van der Waals surface area contributed by atoms with Crippen molar-refractivity contribution in [3.63, 3.8) is 0 Å². The van der Waals surface area contributed by atoms with Gasteiger partial charge in [-0.15, -0.1) is 0 Å². The lowest BCUT2D eigenvalue weighted by Crippen LogP contribution is -2.60. The number of hydrogen-bond acceptors (Lipinski definition) is 3. The summed E-state index contributed by atoms with van der Waals surface area (Å²) >= 11 is 0. The number of rotatable bonds is 4. The molecule has 3 N–H and O–H groups in total.